The van der Waals surface area contributed by atoms with Crippen LogP contribution in [-0.2, 0) is 14.8 Å². The number of fused-ring (bicyclic) bond motifs is 1. The van der Waals surface area contributed by atoms with E-state index >= 15 is 0 Å². The van der Waals surface area contributed by atoms with Crippen molar-refractivity contribution < 1.29 is 22.6 Å². The highest BCUT2D eigenvalue weighted by molar-refractivity contribution is 7.89. The summed E-state index contributed by atoms with van der Waals surface area (Å²) in [6, 6.07) is 11.7. The fraction of sp³-hybridized carbons (Fsp3) is 0.316. The van der Waals surface area contributed by atoms with Gasteiger partial charge in [0.25, 0.3) is 0 Å². The average molecular weight is 416 g/mol. The number of carbonyl (C=O) groups excluding carboxylic acids is 1. The molecular formula is C19H20N4O5S. The van der Waals surface area contributed by atoms with E-state index in [1.807, 2.05) is 0 Å². The third-order valence-corrected chi connectivity index (χ3v) is 6.88. The number of anilines is 1. The van der Waals surface area contributed by atoms with Crippen LogP contribution in [0, 0.1) is 5.92 Å². The lowest BCUT2D eigenvalue weighted by atomic mass is 9.99. The first-order valence-corrected chi connectivity index (χ1v) is 10.6. The summed E-state index contributed by atoms with van der Waals surface area (Å²) in [7, 11) is -2.26. The lowest BCUT2D eigenvalue weighted by molar-refractivity contribution is -0.120. The first-order chi connectivity index (χ1) is 14.0. The fourth-order valence-electron chi connectivity index (χ4n) is 3.42. The Labute approximate surface area is 167 Å². The fourth-order valence-corrected chi connectivity index (χ4v) is 5.08. The maximum absolute atomic E-state index is 13.2. The summed E-state index contributed by atoms with van der Waals surface area (Å²) in [5.74, 6) is 0.0288. The SMILES string of the molecule is COc1ccc(NC(=O)[C@@H]2CCCN(S(=O)(=O)c3cccc4nonc34)C2)cc1. The van der Waals surface area contributed by atoms with Crippen LogP contribution < -0.4 is 10.1 Å². The van der Waals surface area contributed by atoms with Crippen molar-refractivity contribution in [2.45, 2.75) is 17.7 Å². The van der Waals surface area contributed by atoms with Gasteiger partial charge in [-0.05, 0) is 59.6 Å². The second-order valence-corrected chi connectivity index (χ2v) is 8.71. The molecule has 2 heterocycles. The third kappa shape index (κ3) is 3.81. The molecule has 3 aromatic rings. The number of nitrogens with one attached hydrogen (secondary N) is 1. The van der Waals surface area contributed by atoms with E-state index in [1.54, 1.807) is 43.5 Å². The second kappa shape index (κ2) is 7.80. The number of methoxy groups -OCH3 is 1. The first kappa shape index (κ1) is 19.3. The topological polar surface area (TPSA) is 115 Å². The molecule has 9 nitrogen and oxygen atoms in total. The molecule has 0 spiro atoms. The third-order valence-electron chi connectivity index (χ3n) is 4.98. The smallest absolute Gasteiger partial charge is 0.245 e. The second-order valence-electron chi connectivity index (χ2n) is 6.81. The summed E-state index contributed by atoms with van der Waals surface area (Å²) in [5.41, 5.74) is 1.20. The highest BCUT2D eigenvalue weighted by atomic mass is 32.2. The van der Waals surface area contributed by atoms with E-state index in [1.165, 1.54) is 10.4 Å². The molecule has 1 atom stereocenters. The normalized spacial score (nSPS) is 17.9. The van der Waals surface area contributed by atoms with Crippen molar-refractivity contribution in [3.63, 3.8) is 0 Å². The highest BCUT2D eigenvalue weighted by Crippen LogP contribution is 2.28. The van der Waals surface area contributed by atoms with E-state index in [9.17, 15) is 13.2 Å². The molecule has 1 N–H and O–H groups in total. The Hall–Kier alpha value is -2.98. The number of rotatable bonds is 5. The van der Waals surface area contributed by atoms with Gasteiger partial charge in [-0.1, -0.05) is 6.07 Å². The molecule has 0 unspecified atom stereocenters. The number of ether oxygens (including phenoxy) is 1. The Kier molecular flexibility index (Phi) is 5.20. The predicted molar refractivity (Wildman–Crippen MR) is 105 cm³/mol. The summed E-state index contributed by atoms with van der Waals surface area (Å²) in [5, 5.41) is 10.3. The Morgan fingerprint density at radius 2 is 2.00 bits per heavy atom. The highest BCUT2D eigenvalue weighted by Gasteiger charge is 2.34. The van der Waals surface area contributed by atoms with Crippen LogP contribution in [0.25, 0.3) is 11.0 Å². The van der Waals surface area contributed by atoms with Gasteiger partial charge in [0.2, 0.25) is 15.9 Å². The molecule has 4 rings (SSSR count). The predicted octanol–water partition coefficient (Wildman–Crippen LogP) is 2.27. The number of sulfonamides is 1. The zero-order valence-corrected chi connectivity index (χ0v) is 16.6. The van der Waals surface area contributed by atoms with Gasteiger partial charge in [-0.25, -0.2) is 13.0 Å². The van der Waals surface area contributed by atoms with Crippen LogP contribution in [0.15, 0.2) is 52.0 Å². The molecule has 2 aromatic carbocycles. The monoisotopic (exact) mass is 416 g/mol. The van der Waals surface area contributed by atoms with Crippen LogP contribution >= 0.6 is 0 Å². The Morgan fingerprint density at radius 1 is 1.21 bits per heavy atom. The Morgan fingerprint density at radius 3 is 2.76 bits per heavy atom. The summed E-state index contributed by atoms with van der Waals surface area (Å²) < 4.78 is 37.4. The van der Waals surface area contributed by atoms with E-state index in [4.69, 9.17) is 4.74 Å². The molecule has 0 bridgehead atoms. The minimum absolute atomic E-state index is 0.0347. The minimum atomic E-state index is -3.83. The molecule has 10 heteroatoms. The molecule has 1 amide bonds. The zero-order chi connectivity index (χ0) is 20.4. The van der Waals surface area contributed by atoms with Gasteiger partial charge in [-0.3, -0.25) is 4.79 Å². The lowest BCUT2D eigenvalue weighted by Gasteiger charge is -2.31. The van der Waals surface area contributed by atoms with Crippen molar-refractivity contribution >= 4 is 32.7 Å². The number of carbonyl (C=O) groups is 1. The molecule has 0 saturated carbocycles. The van der Waals surface area contributed by atoms with Gasteiger partial charge in [0, 0.05) is 18.8 Å². The van der Waals surface area contributed by atoms with Crippen LogP contribution in [-0.4, -0.2) is 49.1 Å². The maximum atomic E-state index is 13.2. The van der Waals surface area contributed by atoms with E-state index in [2.05, 4.69) is 20.3 Å². The number of piperidine rings is 1. The van der Waals surface area contributed by atoms with E-state index in [0.717, 1.165) is 0 Å². The van der Waals surface area contributed by atoms with Crippen LogP contribution in [0.3, 0.4) is 0 Å². The van der Waals surface area contributed by atoms with Crippen molar-refractivity contribution in [3.05, 3.63) is 42.5 Å². The summed E-state index contributed by atoms with van der Waals surface area (Å²) >= 11 is 0. The summed E-state index contributed by atoms with van der Waals surface area (Å²) in [4.78, 5) is 12.7. The number of amides is 1. The Bertz CT molecular complexity index is 1130. The molecule has 1 aromatic heterocycles. The number of hydrogen-bond acceptors (Lipinski definition) is 7. The molecule has 1 aliphatic heterocycles. The van der Waals surface area contributed by atoms with Crippen molar-refractivity contribution in [2.75, 3.05) is 25.5 Å². The number of aromatic nitrogens is 2. The van der Waals surface area contributed by atoms with Gasteiger partial charge in [0.1, 0.15) is 16.2 Å². The largest absolute Gasteiger partial charge is 0.497 e. The molecule has 1 aliphatic rings. The maximum Gasteiger partial charge on any atom is 0.245 e. The van der Waals surface area contributed by atoms with Gasteiger partial charge in [-0.2, -0.15) is 4.31 Å². The van der Waals surface area contributed by atoms with Gasteiger partial charge in [0.15, 0.2) is 5.52 Å². The van der Waals surface area contributed by atoms with Crippen molar-refractivity contribution in [1.29, 1.82) is 0 Å². The van der Waals surface area contributed by atoms with Crippen molar-refractivity contribution in [2.24, 2.45) is 5.92 Å². The summed E-state index contributed by atoms with van der Waals surface area (Å²) in [6.45, 7) is 0.447. The molecule has 0 aliphatic carbocycles. The van der Waals surface area contributed by atoms with E-state index in [-0.39, 0.29) is 22.9 Å². The van der Waals surface area contributed by atoms with Crippen LogP contribution in [0.2, 0.25) is 0 Å². The van der Waals surface area contributed by atoms with Gasteiger partial charge in [-0.15, -0.1) is 0 Å². The van der Waals surface area contributed by atoms with E-state index < -0.39 is 15.9 Å². The number of nitrogens with zero attached hydrogens (tertiary/aromatic N) is 3. The molecule has 152 valence electrons. The molecule has 29 heavy (non-hydrogen) atoms. The minimum Gasteiger partial charge on any atom is -0.497 e. The van der Waals surface area contributed by atoms with Crippen LogP contribution in [0.4, 0.5) is 5.69 Å². The zero-order valence-electron chi connectivity index (χ0n) is 15.7. The number of hydrogen-bond donors (Lipinski definition) is 1. The Balaban J connectivity index is 1.51. The quantitative estimate of drug-likeness (QED) is 0.678. The van der Waals surface area contributed by atoms with E-state index in [0.29, 0.717) is 36.3 Å². The van der Waals surface area contributed by atoms with Crippen molar-refractivity contribution in [1.82, 2.24) is 14.6 Å². The van der Waals surface area contributed by atoms with Gasteiger partial charge < -0.3 is 10.1 Å². The lowest BCUT2D eigenvalue weighted by Crippen LogP contribution is -2.43. The molecular weight excluding hydrogens is 396 g/mol. The van der Waals surface area contributed by atoms with Crippen LogP contribution in [0.1, 0.15) is 12.8 Å². The summed E-state index contributed by atoms with van der Waals surface area (Å²) in [6.07, 6.45) is 1.21. The van der Waals surface area contributed by atoms with Gasteiger partial charge in [0.05, 0.1) is 13.0 Å². The first-order valence-electron chi connectivity index (χ1n) is 9.15. The van der Waals surface area contributed by atoms with Gasteiger partial charge >= 0.3 is 0 Å². The van der Waals surface area contributed by atoms with Crippen molar-refractivity contribution in [3.8, 4) is 5.75 Å². The molecule has 1 fully saturated rings. The van der Waals surface area contributed by atoms with Crippen LogP contribution in [0.5, 0.6) is 5.75 Å². The molecule has 1 saturated heterocycles. The molecule has 0 radical (unpaired) electrons. The standard InChI is InChI=1S/C19H20N4O5S/c1-27-15-9-7-14(8-10-15)20-19(24)13-4-3-11-23(12-13)29(25,26)17-6-2-5-16-18(17)22-28-21-16/h2,5-10,13H,3-4,11-12H2,1H3,(H,20,24)/t13-/m1/s1. The average Bonchev–Trinajstić information content (AvgIpc) is 3.23. The number of benzene rings is 2.